The first kappa shape index (κ1) is 17.7. The quantitative estimate of drug-likeness (QED) is 0.682. The average molecular weight is 378 g/mol. The molecule has 0 bridgehead atoms. The van der Waals surface area contributed by atoms with Crippen LogP contribution in [0.2, 0.25) is 0 Å². The molecule has 138 valence electrons. The van der Waals surface area contributed by atoms with E-state index in [4.69, 9.17) is 12.2 Å². The lowest BCUT2D eigenvalue weighted by Crippen LogP contribution is -2.31. The van der Waals surface area contributed by atoms with E-state index < -0.39 is 0 Å². The molecule has 0 saturated carbocycles. The van der Waals surface area contributed by atoms with Crippen LogP contribution in [0, 0.1) is 6.92 Å². The number of thiocarbonyl (C=S) groups is 1. The third-order valence-corrected chi connectivity index (χ3v) is 5.24. The van der Waals surface area contributed by atoms with Gasteiger partial charge in [-0.2, -0.15) is 0 Å². The predicted octanol–water partition coefficient (Wildman–Crippen LogP) is 3.96. The molecule has 0 radical (unpaired) electrons. The minimum absolute atomic E-state index is 0.00403. The zero-order valence-corrected chi connectivity index (χ0v) is 16.4. The van der Waals surface area contributed by atoms with Crippen LogP contribution >= 0.6 is 12.2 Å². The van der Waals surface area contributed by atoms with Crippen molar-refractivity contribution in [3.63, 3.8) is 0 Å². The number of rotatable bonds is 5. The van der Waals surface area contributed by atoms with E-state index >= 15 is 0 Å². The first-order valence-corrected chi connectivity index (χ1v) is 9.68. The van der Waals surface area contributed by atoms with Gasteiger partial charge in [-0.25, -0.2) is 4.98 Å². The second-order valence-corrected chi connectivity index (χ2v) is 7.20. The lowest BCUT2D eigenvalue weighted by molar-refractivity contribution is 0.308. The van der Waals surface area contributed by atoms with Crippen molar-refractivity contribution in [2.75, 3.05) is 6.54 Å². The summed E-state index contributed by atoms with van der Waals surface area (Å²) in [7, 11) is 0. The third-order valence-electron chi connectivity index (χ3n) is 4.89. The van der Waals surface area contributed by atoms with Crippen LogP contribution < -0.4 is 5.32 Å². The van der Waals surface area contributed by atoms with Crippen molar-refractivity contribution in [3.05, 3.63) is 78.0 Å². The van der Waals surface area contributed by atoms with Gasteiger partial charge in [-0.3, -0.25) is 4.98 Å². The van der Waals surface area contributed by atoms with Gasteiger partial charge in [0.05, 0.1) is 17.8 Å². The maximum atomic E-state index is 5.67. The van der Waals surface area contributed by atoms with E-state index in [0.29, 0.717) is 0 Å². The summed E-state index contributed by atoms with van der Waals surface area (Å²) >= 11 is 5.67. The Morgan fingerprint density at radius 3 is 2.70 bits per heavy atom. The molecule has 4 rings (SSSR count). The number of aromatic nitrogens is 3. The molecule has 0 amide bonds. The largest absolute Gasteiger partial charge is 0.352 e. The monoisotopic (exact) mass is 377 g/mol. The molecular weight excluding hydrogens is 354 g/mol. The van der Waals surface area contributed by atoms with Gasteiger partial charge in [-0.1, -0.05) is 19.1 Å². The van der Waals surface area contributed by atoms with Gasteiger partial charge in [0, 0.05) is 30.8 Å². The Hall–Kier alpha value is -2.73. The smallest absolute Gasteiger partial charge is 0.170 e. The summed E-state index contributed by atoms with van der Waals surface area (Å²) in [6.07, 6.45) is 6.82. The number of hydrogen-bond acceptors (Lipinski definition) is 3. The van der Waals surface area contributed by atoms with Crippen LogP contribution in [-0.2, 0) is 0 Å². The summed E-state index contributed by atoms with van der Waals surface area (Å²) in [5.41, 5.74) is 3.30. The van der Waals surface area contributed by atoms with Crippen LogP contribution in [-0.4, -0.2) is 31.1 Å². The van der Waals surface area contributed by atoms with Gasteiger partial charge in [-0.15, -0.1) is 0 Å². The fraction of sp³-hybridized carbons (Fsp3) is 0.286. The molecule has 0 spiro atoms. The van der Waals surface area contributed by atoms with E-state index in [0.717, 1.165) is 40.8 Å². The van der Waals surface area contributed by atoms with Crippen molar-refractivity contribution in [1.82, 2.24) is 24.8 Å². The Morgan fingerprint density at radius 1 is 1.11 bits per heavy atom. The average Bonchev–Trinajstić information content (AvgIpc) is 3.28. The van der Waals surface area contributed by atoms with E-state index in [1.54, 1.807) is 0 Å². The van der Waals surface area contributed by atoms with Crippen molar-refractivity contribution in [1.29, 1.82) is 0 Å². The topological polar surface area (TPSA) is 46.0 Å². The SMILES string of the molecule is CCCN1C(=S)N[C@@H](c2ccccn2)[C@@H]1c1cccn1-c1ccc(C)cn1. The molecule has 2 atom stereocenters. The van der Waals surface area contributed by atoms with Crippen LogP contribution in [0.3, 0.4) is 0 Å². The Labute approximate surface area is 165 Å². The summed E-state index contributed by atoms with van der Waals surface area (Å²) in [4.78, 5) is 11.5. The van der Waals surface area contributed by atoms with Gasteiger partial charge in [0.25, 0.3) is 0 Å². The molecule has 1 saturated heterocycles. The highest BCUT2D eigenvalue weighted by molar-refractivity contribution is 7.80. The fourth-order valence-corrected chi connectivity index (χ4v) is 3.99. The van der Waals surface area contributed by atoms with E-state index in [-0.39, 0.29) is 12.1 Å². The Balaban J connectivity index is 1.80. The molecule has 6 heteroatoms. The van der Waals surface area contributed by atoms with Crippen molar-refractivity contribution >= 4 is 17.3 Å². The molecule has 1 N–H and O–H groups in total. The first-order chi connectivity index (χ1) is 13.2. The highest BCUT2D eigenvalue weighted by atomic mass is 32.1. The second kappa shape index (κ2) is 7.48. The normalized spacial score (nSPS) is 19.3. The molecule has 1 aliphatic heterocycles. The molecule has 3 aromatic heterocycles. The van der Waals surface area contributed by atoms with Crippen molar-refractivity contribution in [2.45, 2.75) is 32.4 Å². The van der Waals surface area contributed by atoms with Gasteiger partial charge in [0.2, 0.25) is 0 Å². The van der Waals surface area contributed by atoms with Gasteiger partial charge in [-0.05, 0) is 61.5 Å². The highest BCUT2D eigenvalue weighted by Crippen LogP contribution is 2.39. The number of nitrogens with zero attached hydrogens (tertiary/aromatic N) is 4. The zero-order valence-electron chi connectivity index (χ0n) is 15.5. The van der Waals surface area contributed by atoms with Crippen LogP contribution in [0.4, 0.5) is 0 Å². The highest BCUT2D eigenvalue weighted by Gasteiger charge is 2.40. The number of aryl methyl sites for hydroxylation is 1. The van der Waals surface area contributed by atoms with Gasteiger partial charge < -0.3 is 14.8 Å². The lowest BCUT2D eigenvalue weighted by Gasteiger charge is -2.28. The molecule has 5 nitrogen and oxygen atoms in total. The molecular formula is C21H23N5S. The van der Waals surface area contributed by atoms with E-state index in [2.05, 4.69) is 68.2 Å². The summed E-state index contributed by atoms with van der Waals surface area (Å²) in [5.74, 6) is 0.912. The molecule has 0 aromatic carbocycles. The molecule has 0 aliphatic carbocycles. The molecule has 0 unspecified atom stereocenters. The molecule has 27 heavy (non-hydrogen) atoms. The molecule has 1 aliphatic rings. The molecule has 3 aromatic rings. The predicted molar refractivity (Wildman–Crippen MR) is 111 cm³/mol. The maximum Gasteiger partial charge on any atom is 0.170 e. The van der Waals surface area contributed by atoms with Crippen LogP contribution in [0.25, 0.3) is 5.82 Å². The Bertz CT molecular complexity index is 919. The fourth-order valence-electron chi connectivity index (χ4n) is 3.66. The summed E-state index contributed by atoms with van der Waals surface area (Å²) in [6, 6.07) is 14.4. The van der Waals surface area contributed by atoms with Crippen molar-refractivity contribution in [2.24, 2.45) is 0 Å². The van der Waals surface area contributed by atoms with Crippen LogP contribution in [0.5, 0.6) is 0 Å². The summed E-state index contributed by atoms with van der Waals surface area (Å²) in [5, 5.41) is 4.27. The van der Waals surface area contributed by atoms with Crippen molar-refractivity contribution < 1.29 is 0 Å². The maximum absolute atomic E-state index is 5.67. The molecule has 4 heterocycles. The van der Waals surface area contributed by atoms with Gasteiger partial charge in [0.1, 0.15) is 5.82 Å². The minimum atomic E-state index is 0.00403. The number of hydrogen-bond donors (Lipinski definition) is 1. The molecule has 1 fully saturated rings. The third kappa shape index (κ3) is 3.32. The van der Waals surface area contributed by atoms with E-state index in [1.165, 1.54) is 0 Å². The standard InChI is InChI=1S/C21H23N5S/c1-3-12-26-20(19(24-21(26)27)16-7-4-5-11-22-16)17-8-6-13-25(17)18-10-9-15(2)14-23-18/h4-11,13-14,19-20H,3,12H2,1-2H3,(H,24,27)/t19-,20-/m0/s1. The van der Waals surface area contributed by atoms with Gasteiger partial charge in [0.15, 0.2) is 5.11 Å². The first-order valence-electron chi connectivity index (χ1n) is 9.27. The van der Waals surface area contributed by atoms with Crippen LogP contribution in [0.15, 0.2) is 61.1 Å². The zero-order chi connectivity index (χ0) is 18.8. The van der Waals surface area contributed by atoms with E-state index in [9.17, 15) is 0 Å². The van der Waals surface area contributed by atoms with E-state index in [1.807, 2.05) is 31.5 Å². The lowest BCUT2D eigenvalue weighted by atomic mass is 10.0. The minimum Gasteiger partial charge on any atom is -0.352 e. The summed E-state index contributed by atoms with van der Waals surface area (Å²) < 4.78 is 2.15. The number of nitrogens with one attached hydrogen (secondary N) is 1. The van der Waals surface area contributed by atoms with Crippen LogP contribution in [0.1, 0.15) is 42.4 Å². The van der Waals surface area contributed by atoms with Gasteiger partial charge >= 0.3 is 0 Å². The Morgan fingerprint density at radius 2 is 2.00 bits per heavy atom. The van der Waals surface area contributed by atoms with Crippen molar-refractivity contribution in [3.8, 4) is 5.82 Å². The number of pyridine rings is 2. The second-order valence-electron chi connectivity index (χ2n) is 6.82. The summed E-state index contributed by atoms with van der Waals surface area (Å²) in [6.45, 7) is 5.12. The Kier molecular flexibility index (Phi) is 4.90.